The highest BCUT2D eigenvalue weighted by molar-refractivity contribution is 9.11. The molecule has 0 radical (unpaired) electrons. The van der Waals surface area contributed by atoms with Crippen molar-refractivity contribution in [1.82, 2.24) is 4.98 Å². The van der Waals surface area contributed by atoms with Crippen molar-refractivity contribution in [3.63, 3.8) is 0 Å². The van der Waals surface area contributed by atoms with Gasteiger partial charge in [0, 0.05) is 17.8 Å². The van der Waals surface area contributed by atoms with Crippen molar-refractivity contribution in [1.29, 1.82) is 0 Å². The van der Waals surface area contributed by atoms with E-state index in [-0.39, 0.29) is 0 Å². The van der Waals surface area contributed by atoms with E-state index in [1.165, 1.54) is 4.88 Å². The number of thiophene rings is 1. The predicted octanol–water partition coefficient (Wildman–Crippen LogP) is 3.70. The molecule has 2 nitrogen and oxygen atoms in total. The molecular formula is C10H11BrN2S2. The van der Waals surface area contributed by atoms with Crippen LogP contribution in [0.2, 0.25) is 0 Å². The van der Waals surface area contributed by atoms with E-state index in [4.69, 9.17) is 5.73 Å². The van der Waals surface area contributed by atoms with Crippen molar-refractivity contribution >= 4 is 38.6 Å². The van der Waals surface area contributed by atoms with Crippen molar-refractivity contribution in [2.75, 3.05) is 6.54 Å². The van der Waals surface area contributed by atoms with Gasteiger partial charge in [-0.2, -0.15) is 0 Å². The second-order valence-corrected chi connectivity index (χ2v) is 6.66. The van der Waals surface area contributed by atoms with Gasteiger partial charge in [0.15, 0.2) is 0 Å². The van der Waals surface area contributed by atoms with Crippen LogP contribution in [-0.4, -0.2) is 11.5 Å². The van der Waals surface area contributed by atoms with Gasteiger partial charge in [-0.3, -0.25) is 0 Å². The van der Waals surface area contributed by atoms with Gasteiger partial charge < -0.3 is 5.73 Å². The van der Waals surface area contributed by atoms with Crippen molar-refractivity contribution in [3.8, 4) is 10.6 Å². The Balaban J connectivity index is 2.27. The lowest BCUT2D eigenvalue weighted by Gasteiger charge is -2.01. The van der Waals surface area contributed by atoms with Crippen LogP contribution in [0.25, 0.3) is 10.6 Å². The van der Waals surface area contributed by atoms with E-state index in [1.54, 1.807) is 22.7 Å². The lowest BCUT2D eigenvalue weighted by atomic mass is 10.2. The van der Waals surface area contributed by atoms with E-state index in [0.717, 1.165) is 14.5 Å². The number of rotatable bonds is 3. The van der Waals surface area contributed by atoms with Gasteiger partial charge in [0.25, 0.3) is 0 Å². The molecule has 2 aromatic heterocycles. The standard InChI is InChI=1S/C10H11BrN2S2/c1-6(4-12)10-13-7(5-14-10)8-2-3-9(11)15-8/h2-3,5-6H,4,12H2,1H3. The molecule has 0 aliphatic carbocycles. The van der Waals surface area contributed by atoms with Gasteiger partial charge >= 0.3 is 0 Å². The molecule has 0 saturated carbocycles. The molecule has 2 rings (SSSR count). The summed E-state index contributed by atoms with van der Waals surface area (Å²) in [6, 6.07) is 4.13. The average Bonchev–Trinajstić information content (AvgIpc) is 2.84. The molecule has 1 unspecified atom stereocenters. The van der Waals surface area contributed by atoms with Gasteiger partial charge in [-0.15, -0.1) is 22.7 Å². The summed E-state index contributed by atoms with van der Waals surface area (Å²) in [6.07, 6.45) is 0. The summed E-state index contributed by atoms with van der Waals surface area (Å²) in [5, 5.41) is 3.22. The first kappa shape index (κ1) is 11.3. The third-order valence-corrected chi connectivity index (χ3v) is 4.85. The monoisotopic (exact) mass is 302 g/mol. The number of hydrogen-bond donors (Lipinski definition) is 1. The molecule has 5 heteroatoms. The van der Waals surface area contributed by atoms with Crippen molar-refractivity contribution in [2.24, 2.45) is 5.73 Å². The summed E-state index contributed by atoms with van der Waals surface area (Å²) < 4.78 is 1.14. The second kappa shape index (κ2) is 4.74. The molecule has 80 valence electrons. The molecule has 0 aliphatic heterocycles. The second-order valence-electron chi connectivity index (χ2n) is 3.31. The molecule has 0 spiro atoms. The molecule has 0 fully saturated rings. The summed E-state index contributed by atoms with van der Waals surface area (Å²) >= 11 is 6.84. The zero-order valence-corrected chi connectivity index (χ0v) is 11.5. The SMILES string of the molecule is CC(CN)c1nc(-c2ccc(Br)s2)cs1. The van der Waals surface area contributed by atoms with Crippen LogP contribution < -0.4 is 5.73 Å². The fourth-order valence-corrected chi connectivity index (χ4v) is 3.49. The van der Waals surface area contributed by atoms with E-state index in [9.17, 15) is 0 Å². The van der Waals surface area contributed by atoms with Crippen LogP contribution in [0.5, 0.6) is 0 Å². The summed E-state index contributed by atoms with van der Waals surface area (Å²) in [6.45, 7) is 2.76. The first-order chi connectivity index (χ1) is 7.20. The summed E-state index contributed by atoms with van der Waals surface area (Å²) in [7, 11) is 0. The molecule has 0 saturated heterocycles. The minimum atomic E-state index is 0.354. The minimum Gasteiger partial charge on any atom is -0.330 e. The van der Waals surface area contributed by atoms with Crippen LogP contribution in [0.3, 0.4) is 0 Å². The van der Waals surface area contributed by atoms with Crippen LogP contribution in [-0.2, 0) is 0 Å². The summed E-state index contributed by atoms with van der Waals surface area (Å²) in [4.78, 5) is 5.80. The topological polar surface area (TPSA) is 38.9 Å². The third-order valence-electron chi connectivity index (χ3n) is 2.12. The zero-order valence-electron chi connectivity index (χ0n) is 8.24. The highest BCUT2D eigenvalue weighted by Gasteiger charge is 2.10. The molecule has 0 amide bonds. The minimum absolute atomic E-state index is 0.354. The molecule has 0 aromatic carbocycles. The Labute approximate surface area is 105 Å². The third kappa shape index (κ3) is 2.47. The van der Waals surface area contributed by atoms with Gasteiger partial charge in [-0.1, -0.05) is 6.92 Å². The van der Waals surface area contributed by atoms with E-state index in [1.807, 2.05) is 6.07 Å². The van der Waals surface area contributed by atoms with E-state index >= 15 is 0 Å². The predicted molar refractivity (Wildman–Crippen MR) is 70.6 cm³/mol. The Morgan fingerprint density at radius 1 is 1.53 bits per heavy atom. The Morgan fingerprint density at radius 2 is 2.33 bits per heavy atom. The number of thiazole rings is 1. The average molecular weight is 303 g/mol. The molecule has 0 bridgehead atoms. The maximum Gasteiger partial charge on any atom is 0.0973 e. The maximum absolute atomic E-state index is 5.62. The maximum atomic E-state index is 5.62. The molecular weight excluding hydrogens is 292 g/mol. The molecule has 0 aliphatic rings. The van der Waals surface area contributed by atoms with Crippen molar-refractivity contribution in [2.45, 2.75) is 12.8 Å². The molecule has 2 aromatic rings. The number of aromatic nitrogens is 1. The van der Waals surface area contributed by atoms with Crippen LogP contribution in [0, 0.1) is 0 Å². The number of hydrogen-bond acceptors (Lipinski definition) is 4. The van der Waals surface area contributed by atoms with Crippen LogP contribution in [0.15, 0.2) is 21.3 Å². The molecule has 2 N–H and O–H groups in total. The summed E-state index contributed by atoms with van der Waals surface area (Å²) in [5.74, 6) is 0.354. The summed E-state index contributed by atoms with van der Waals surface area (Å²) in [5.41, 5.74) is 6.68. The van der Waals surface area contributed by atoms with Gasteiger partial charge in [-0.05, 0) is 28.1 Å². The van der Waals surface area contributed by atoms with E-state index in [2.05, 4.69) is 39.3 Å². The van der Waals surface area contributed by atoms with Gasteiger partial charge in [0.05, 0.1) is 19.4 Å². The quantitative estimate of drug-likeness (QED) is 0.939. The highest BCUT2D eigenvalue weighted by Crippen LogP contribution is 2.33. The number of nitrogens with two attached hydrogens (primary N) is 1. The van der Waals surface area contributed by atoms with Crippen molar-refractivity contribution in [3.05, 3.63) is 26.3 Å². The molecule has 15 heavy (non-hydrogen) atoms. The largest absolute Gasteiger partial charge is 0.330 e. The van der Waals surface area contributed by atoms with Gasteiger partial charge in [0.1, 0.15) is 0 Å². The first-order valence-corrected chi connectivity index (χ1v) is 7.11. The lowest BCUT2D eigenvalue weighted by Crippen LogP contribution is -2.08. The van der Waals surface area contributed by atoms with Crippen LogP contribution in [0.1, 0.15) is 17.8 Å². The first-order valence-electron chi connectivity index (χ1n) is 4.62. The molecule has 2 heterocycles. The highest BCUT2D eigenvalue weighted by atomic mass is 79.9. The Morgan fingerprint density at radius 3 is 2.93 bits per heavy atom. The van der Waals surface area contributed by atoms with Crippen LogP contribution in [0.4, 0.5) is 0 Å². The van der Waals surface area contributed by atoms with Gasteiger partial charge in [-0.25, -0.2) is 4.98 Å². The Kier molecular flexibility index (Phi) is 3.56. The van der Waals surface area contributed by atoms with E-state index in [0.29, 0.717) is 12.5 Å². The normalized spacial score (nSPS) is 13.0. The number of halogens is 1. The Bertz CT molecular complexity index is 450. The van der Waals surface area contributed by atoms with E-state index < -0.39 is 0 Å². The molecule has 1 atom stereocenters. The zero-order chi connectivity index (χ0) is 10.8. The van der Waals surface area contributed by atoms with Gasteiger partial charge in [0.2, 0.25) is 0 Å². The number of nitrogens with zero attached hydrogens (tertiary/aromatic N) is 1. The Hall–Kier alpha value is -0.230. The van der Waals surface area contributed by atoms with Crippen LogP contribution >= 0.6 is 38.6 Å². The smallest absolute Gasteiger partial charge is 0.0973 e. The van der Waals surface area contributed by atoms with Crippen molar-refractivity contribution < 1.29 is 0 Å². The lowest BCUT2D eigenvalue weighted by molar-refractivity contribution is 0.767. The fraction of sp³-hybridized carbons (Fsp3) is 0.300. The fourth-order valence-electron chi connectivity index (χ4n) is 1.18.